The van der Waals surface area contributed by atoms with Crippen LogP contribution in [-0.2, 0) is 19.6 Å². The number of rotatable bonds is 7. The highest BCUT2D eigenvalue weighted by Crippen LogP contribution is 2.26. The second-order valence-corrected chi connectivity index (χ2v) is 9.47. The van der Waals surface area contributed by atoms with Crippen molar-refractivity contribution in [3.05, 3.63) is 59.2 Å². The molecule has 0 saturated carbocycles. The first-order valence-electron chi connectivity index (χ1n) is 9.82. The molecule has 0 bridgehead atoms. The molecule has 2 aromatic rings. The Morgan fingerprint density at radius 3 is 2.31 bits per heavy atom. The first-order valence-corrected chi connectivity index (χ1v) is 11.3. The van der Waals surface area contributed by atoms with Crippen LogP contribution in [0.4, 0.5) is 5.69 Å². The third-order valence-corrected chi connectivity index (χ3v) is 6.73. The lowest BCUT2D eigenvalue weighted by molar-refractivity contribution is -0.120. The molecule has 1 atom stereocenters. The normalized spacial score (nSPS) is 16.6. The molecule has 1 amide bonds. The van der Waals surface area contributed by atoms with Crippen LogP contribution in [0.15, 0.2) is 47.4 Å². The van der Waals surface area contributed by atoms with Crippen molar-refractivity contribution in [3.8, 4) is 0 Å². The summed E-state index contributed by atoms with van der Waals surface area (Å²) < 4.78 is 33.5. The largest absolute Gasteiger partial charge is 0.376 e. The van der Waals surface area contributed by atoms with E-state index in [-0.39, 0.29) is 23.5 Å². The smallest absolute Gasteiger partial charge is 0.264 e. The van der Waals surface area contributed by atoms with Crippen LogP contribution >= 0.6 is 0 Å². The van der Waals surface area contributed by atoms with Gasteiger partial charge in [-0.1, -0.05) is 23.8 Å². The SMILES string of the molecule is Cc1ccc(S(=O)(=O)N(CC(=O)NCC2CCCO2)c2cc(C)cc(C)c2)cc1. The van der Waals surface area contributed by atoms with Crippen LogP contribution in [0.1, 0.15) is 29.5 Å². The van der Waals surface area contributed by atoms with Crippen molar-refractivity contribution in [2.24, 2.45) is 0 Å². The number of amides is 1. The number of anilines is 1. The van der Waals surface area contributed by atoms with Crippen molar-refractivity contribution in [1.82, 2.24) is 5.32 Å². The average Bonchev–Trinajstić information content (AvgIpc) is 3.17. The molecule has 1 aliphatic rings. The maximum atomic E-state index is 13.4. The third kappa shape index (κ3) is 5.36. The molecule has 1 fully saturated rings. The van der Waals surface area contributed by atoms with Gasteiger partial charge < -0.3 is 10.1 Å². The van der Waals surface area contributed by atoms with E-state index in [2.05, 4.69) is 5.32 Å². The Balaban J connectivity index is 1.88. The van der Waals surface area contributed by atoms with Gasteiger partial charge >= 0.3 is 0 Å². The van der Waals surface area contributed by atoms with Gasteiger partial charge in [0.15, 0.2) is 0 Å². The highest BCUT2D eigenvalue weighted by molar-refractivity contribution is 7.92. The Bertz CT molecular complexity index is 945. The summed E-state index contributed by atoms with van der Waals surface area (Å²) in [7, 11) is -3.90. The van der Waals surface area contributed by atoms with Crippen molar-refractivity contribution in [3.63, 3.8) is 0 Å². The molecule has 156 valence electrons. The number of carbonyl (C=O) groups excluding carboxylic acids is 1. The maximum Gasteiger partial charge on any atom is 0.264 e. The van der Waals surface area contributed by atoms with Gasteiger partial charge in [0.1, 0.15) is 6.54 Å². The van der Waals surface area contributed by atoms with E-state index in [9.17, 15) is 13.2 Å². The summed E-state index contributed by atoms with van der Waals surface area (Å²) in [4.78, 5) is 12.8. The van der Waals surface area contributed by atoms with Gasteiger partial charge in [-0.25, -0.2) is 8.42 Å². The van der Waals surface area contributed by atoms with E-state index < -0.39 is 10.0 Å². The molecule has 1 saturated heterocycles. The van der Waals surface area contributed by atoms with Gasteiger partial charge in [-0.05, 0) is 69.0 Å². The van der Waals surface area contributed by atoms with E-state index in [0.29, 0.717) is 18.8 Å². The first kappa shape index (κ1) is 21.3. The first-order chi connectivity index (χ1) is 13.8. The average molecular weight is 417 g/mol. The van der Waals surface area contributed by atoms with Crippen molar-refractivity contribution in [1.29, 1.82) is 0 Å². The van der Waals surface area contributed by atoms with Crippen molar-refractivity contribution >= 4 is 21.6 Å². The molecule has 7 heteroatoms. The molecule has 1 unspecified atom stereocenters. The fourth-order valence-electron chi connectivity index (χ4n) is 3.47. The van der Waals surface area contributed by atoms with Gasteiger partial charge in [0.25, 0.3) is 10.0 Å². The van der Waals surface area contributed by atoms with Crippen LogP contribution in [-0.4, -0.2) is 40.1 Å². The lowest BCUT2D eigenvalue weighted by Gasteiger charge is -2.25. The van der Waals surface area contributed by atoms with Crippen molar-refractivity contribution in [2.45, 2.75) is 44.6 Å². The number of nitrogens with one attached hydrogen (secondary N) is 1. The monoisotopic (exact) mass is 416 g/mol. The molecule has 2 aromatic carbocycles. The highest BCUT2D eigenvalue weighted by Gasteiger charge is 2.28. The minimum absolute atomic E-state index is 0.00215. The van der Waals surface area contributed by atoms with Gasteiger partial charge in [0.05, 0.1) is 16.7 Å². The van der Waals surface area contributed by atoms with Gasteiger partial charge in [0, 0.05) is 13.2 Å². The van der Waals surface area contributed by atoms with Gasteiger partial charge in [0.2, 0.25) is 5.91 Å². The molecular weight excluding hydrogens is 388 g/mol. The van der Waals surface area contributed by atoms with E-state index in [1.807, 2.05) is 26.8 Å². The Morgan fingerprint density at radius 1 is 1.07 bits per heavy atom. The highest BCUT2D eigenvalue weighted by atomic mass is 32.2. The molecule has 1 aliphatic heterocycles. The van der Waals surface area contributed by atoms with E-state index in [1.54, 1.807) is 36.4 Å². The number of hydrogen-bond donors (Lipinski definition) is 1. The Hall–Kier alpha value is -2.38. The number of sulfonamides is 1. The third-order valence-electron chi connectivity index (χ3n) is 4.94. The second-order valence-electron chi connectivity index (χ2n) is 7.61. The molecule has 29 heavy (non-hydrogen) atoms. The van der Waals surface area contributed by atoms with Crippen LogP contribution in [0, 0.1) is 20.8 Å². The van der Waals surface area contributed by atoms with Gasteiger partial charge in [-0.15, -0.1) is 0 Å². The number of carbonyl (C=O) groups is 1. The summed E-state index contributed by atoms with van der Waals surface area (Å²) in [5, 5.41) is 2.82. The molecule has 6 nitrogen and oxygen atoms in total. The molecular formula is C22H28N2O4S. The van der Waals surface area contributed by atoms with Crippen LogP contribution in [0.25, 0.3) is 0 Å². The van der Waals surface area contributed by atoms with Crippen LogP contribution in [0.5, 0.6) is 0 Å². The molecule has 0 aliphatic carbocycles. The molecule has 0 radical (unpaired) electrons. The van der Waals surface area contributed by atoms with E-state index in [1.165, 1.54) is 4.31 Å². The maximum absolute atomic E-state index is 13.4. The Kier molecular flexibility index (Phi) is 6.59. The number of benzene rings is 2. The summed E-state index contributed by atoms with van der Waals surface area (Å²) in [6.07, 6.45) is 1.89. The zero-order chi connectivity index (χ0) is 21.0. The van der Waals surface area contributed by atoms with Crippen molar-refractivity contribution < 1.29 is 17.9 Å². The number of ether oxygens (including phenoxy) is 1. The van der Waals surface area contributed by atoms with Crippen LogP contribution in [0.3, 0.4) is 0 Å². The topological polar surface area (TPSA) is 75.7 Å². The van der Waals surface area contributed by atoms with E-state index >= 15 is 0 Å². The molecule has 1 heterocycles. The van der Waals surface area contributed by atoms with Crippen LogP contribution < -0.4 is 9.62 Å². The fourth-order valence-corrected chi connectivity index (χ4v) is 4.87. The number of aryl methyl sites for hydroxylation is 3. The minimum Gasteiger partial charge on any atom is -0.376 e. The standard InChI is InChI=1S/C22H28N2O4S/c1-16-6-8-21(9-7-16)29(26,27)24(19-12-17(2)11-18(3)13-19)15-22(25)23-14-20-5-4-10-28-20/h6-9,11-13,20H,4-5,10,14-15H2,1-3H3,(H,23,25). The van der Waals surface area contributed by atoms with Gasteiger partial charge in [-0.2, -0.15) is 0 Å². The lowest BCUT2D eigenvalue weighted by atomic mass is 10.1. The lowest BCUT2D eigenvalue weighted by Crippen LogP contribution is -2.42. The summed E-state index contributed by atoms with van der Waals surface area (Å²) in [5.41, 5.74) is 3.32. The summed E-state index contributed by atoms with van der Waals surface area (Å²) in [5.74, 6) is -0.352. The minimum atomic E-state index is -3.90. The van der Waals surface area contributed by atoms with Crippen molar-refractivity contribution in [2.75, 3.05) is 24.0 Å². The summed E-state index contributed by atoms with van der Waals surface area (Å²) in [6.45, 7) is 6.53. The fraction of sp³-hybridized carbons (Fsp3) is 0.409. The predicted octanol–water partition coefficient (Wildman–Crippen LogP) is 3.10. The van der Waals surface area contributed by atoms with Crippen LogP contribution in [0.2, 0.25) is 0 Å². The van der Waals surface area contributed by atoms with E-state index in [0.717, 1.165) is 29.5 Å². The Labute approximate surface area is 172 Å². The zero-order valence-corrected chi connectivity index (χ0v) is 18.0. The molecule has 0 aromatic heterocycles. The summed E-state index contributed by atoms with van der Waals surface area (Å²) >= 11 is 0. The molecule has 0 spiro atoms. The molecule has 1 N–H and O–H groups in total. The number of nitrogens with zero attached hydrogens (tertiary/aromatic N) is 1. The summed E-state index contributed by atoms with van der Waals surface area (Å²) in [6, 6.07) is 12.2. The zero-order valence-electron chi connectivity index (χ0n) is 17.1. The second kappa shape index (κ2) is 8.97. The molecule has 3 rings (SSSR count). The Morgan fingerprint density at radius 2 is 1.72 bits per heavy atom. The van der Waals surface area contributed by atoms with E-state index in [4.69, 9.17) is 4.74 Å². The predicted molar refractivity (Wildman–Crippen MR) is 114 cm³/mol. The van der Waals surface area contributed by atoms with Gasteiger partial charge in [-0.3, -0.25) is 9.10 Å². The quantitative estimate of drug-likeness (QED) is 0.753. The number of hydrogen-bond acceptors (Lipinski definition) is 4.